The maximum Gasteiger partial charge on any atom is 1.00 e. The Kier molecular flexibility index (Phi) is 13.9. The molecule has 3 aliphatic rings. The van der Waals surface area contributed by atoms with Crippen molar-refractivity contribution in [3.8, 4) is 0 Å². The maximum absolute atomic E-state index is 13.1. The SMILES string of the molecule is Cc1ccc(CNc2nc(N3CCC4(CC4)C3)ncc2C(=O)NC2CCCCC2)cc1C.[Na+].[Na+].[O-]P([O-])O. The van der Waals surface area contributed by atoms with E-state index in [4.69, 9.17) is 19.7 Å². The van der Waals surface area contributed by atoms with Gasteiger partial charge in [-0.1, -0.05) is 37.5 Å². The summed E-state index contributed by atoms with van der Waals surface area (Å²) in [5.74, 6) is 1.31. The van der Waals surface area contributed by atoms with Crippen molar-refractivity contribution in [2.24, 2.45) is 5.41 Å². The number of nitrogens with zero attached hydrogens (tertiary/aromatic N) is 3. The molecule has 3 fully saturated rings. The van der Waals surface area contributed by atoms with Gasteiger partial charge in [-0.15, -0.1) is 0 Å². The van der Waals surface area contributed by atoms with Gasteiger partial charge in [-0.25, -0.2) is 4.98 Å². The fraction of sp³-hybridized carbons (Fsp3) is 0.577. The number of hydrogen-bond donors (Lipinski definition) is 3. The van der Waals surface area contributed by atoms with E-state index >= 15 is 0 Å². The summed E-state index contributed by atoms with van der Waals surface area (Å²) in [6.45, 7) is 6.93. The van der Waals surface area contributed by atoms with Crippen LogP contribution in [0.4, 0.5) is 11.8 Å². The largest absolute Gasteiger partial charge is 1.00 e. The molecular weight excluding hydrogens is 523 g/mol. The van der Waals surface area contributed by atoms with Crippen LogP contribution < -0.4 is 84.4 Å². The molecule has 0 radical (unpaired) electrons. The van der Waals surface area contributed by atoms with Crippen molar-refractivity contribution in [3.63, 3.8) is 0 Å². The zero-order chi connectivity index (χ0) is 25.7. The quantitative estimate of drug-likeness (QED) is 0.247. The van der Waals surface area contributed by atoms with Crippen LogP contribution in [-0.4, -0.2) is 39.9 Å². The van der Waals surface area contributed by atoms with Crippen LogP contribution in [0.3, 0.4) is 0 Å². The van der Waals surface area contributed by atoms with E-state index in [1.807, 2.05) is 0 Å². The van der Waals surface area contributed by atoms with Crippen molar-refractivity contribution in [1.29, 1.82) is 0 Å². The number of nitrogens with one attached hydrogen (secondary N) is 2. The Morgan fingerprint density at radius 2 is 1.82 bits per heavy atom. The van der Waals surface area contributed by atoms with E-state index in [1.54, 1.807) is 6.20 Å². The van der Waals surface area contributed by atoms with Gasteiger partial charge in [-0.05, 0) is 68.1 Å². The minimum atomic E-state index is -3.12. The van der Waals surface area contributed by atoms with Gasteiger partial charge >= 0.3 is 59.1 Å². The number of aromatic nitrogens is 2. The van der Waals surface area contributed by atoms with E-state index in [0.29, 0.717) is 23.3 Å². The topological polar surface area (TPSA) is 136 Å². The van der Waals surface area contributed by atoms with E-state index in [2.05, 4.69) is 52.6 Å². The Bertz CT molecular complexity index is 1070. The van der Waals surface area contributed by atoms with Crippen LogP contribution >= 0.6 is 8.60 Å². The van der Waals surface area contributed by atoms with Crippen molar-refractivity contribution in [3.05, 3.63) is 46.6 Å². The molecule has 2 heterocycles. The van der Waals surface area contributed by atoms with Gasteiger partial charge in [0.05, 0.1) is 0 Å². The number of aryl methyl sites for hydroxylation is 2. The first-order valence-electron chi connectivity index (χ1n) is 12.8. The average Bonchev–Trinajstić information content (AvgIpc) is 3.48. The number of amides is 1. The Morgan fingerprint density at radius 3 is 2.42 bits per heavy atom. The minimum absolute atomic E-state index is 0. The van der Waals surface area contributed by atoms with Crippen LogP contribution in [0.25, 0.3) is 0 Å². The summed E-state index contributed by atoms with van der Waals surface area (Å²) < 4.78 is 0. The van der Waals surface area contributed by atoms with Crippen molar-refractivity contribution in [2.45, 2.75) is 77.8 Å². The number of anilines is 2. The van der Waals surface area contributed by atoms with E-state index in [1.165, 1.54) is 55.2 Å². The fourth-order valence-corrected chi connectivity index (χ4v) is 5.13. The smallest absolute Gasteiger partial charge is 0.820 e. The first-order chi connectivity index (χ1) is 17.2. The van der Waals surface area contributed by atoms with Gasteiger partial charge in [0.25, 0.3) is 5.91 Å². The Hall–Kier alpha value is -0.320. The summed E-state index contributed by atoms with van der Waals surface area (Å²) >= 11 is 0. The number of carbonyl (C=O) groups is 1. The zero-order valence-electron chi connectivity index (χ0n) is 23.1. The molecule has 12 heteroatoms. The molecule has 1 amide bonds. The van der Waals surface area contributed by atoms with Crippen molar-refractivity contribution in [1.82, 2.24) is 15.3 Å². The normalized spacial score (nSPS) is 17.7. The van der Waals surface area contributed by atoms with Crippen molar-refractivity contribution in [2.75, 3.05) is 23.3 Å². The van der Waals surface area contributed by atoms with Crippen LogP contribution in [0.2, 0.25) is 0 Å². The van der Waals surface area contributed by atoms with E-state index in [9.17, 15) is 4.79 Å². The molecule has 3 N–H and O–H groups in total. The molecule has 1 spiro atoms. The zero-order valence-corrected chi connectivity index (χ0v) is 28.0. The van der Waals surface area contributed by atoms with Crippen LogP contribution in [0, 0.1) is 19.3 Å². The molecule has 2 aliphatic carbocycles. The maximum atomic E-state index is 13.1. The van der Waals surface area contributed by atoms with Crippen LogP contribution in [0.15, 0.2) is 24.4 Å². The van der Waals surface area contributed by atoms with Gasteiger partial charge in [-0.2, -0.15) is 13.6 Å². The van der Waals surface area contributed by atoms with Gasteiger partial charge < -0.3 is 30.2 Å². The second-order valence-electron chi connectivity index (χ2n) is 10.4. The molecule has 2 saturated carbocycles. The van der Waals surface area contributed by atoms with Crippen LogP contribution in [0.1, 0.15) is 78.4 Å². The third-order valence-corrected chi connectivity index (χ3v) is 7.67. The molecule has 1 saturated heterocycles. The molecule has 2 aromatic rings. The molecule has 1 aromatic carbocycles. The number of benzene rings is 1. The second kappa shape index (κ2) is 15.6. The van der Waals surface area contributed by atoms with Gasteiger partial charge in [0.15, 0.2) is 0 Å². The van der Waals surface area contributed by atoms with Gasteiger partial charge in [0.1, 0.15) is 11.4 Å². The molecule has 9 nitrogen and oxygen atoms in total. The van der Waals surface area contributed by atoms with Crippen LogP contribution in [-0.2, 0) is 6.54 Å². The predicted octanol–water partition coefficient (Wildman–Crippen LogP) is -3.31. The first-order valence-corrected chi connectivity index (χ1v) is 13.9. The monoisotopic (exact) mass is 559 g/mol. The Labute approximate surface area is 271 Å². The number of hydrogen-bond acceptors (Lipinski definition) is 8. The summed E-state index contributed by atoms with van der Waals surface area (Å²) in [6.07, 6.45) is 11.4. The van der Waals surface area contributed by atoms with Gasteiger partial charge in [-0.3, -0.25) is 4.79 Å². The standard InChI is InChI=1S/C26H35N5O.2Na.HO3P/c1-18-8-9-20(14-19(18)2)15-27-23-22(24(32)29-21-6-4-3-5-7-21)16-28-25(30-23)31-13-12-26(17-31)10-11-26;;;1-4(2)3/h8-9,14,16,21H,3-7,10-13,15,17H2,1-2H3,(H,29,32)(H,27,28,30);;;1H/q;2*+1;-2. The summed E-state index contributed by atoms with van der Waals surface area (Å²) in [5, 5.41) is 6.69. The molecule has 38 heavy (non-hydrogen) atoms. The number of rotatable bonds is 6. The molecule has 1 aromatic heterocycles. The molecule has 0 unspecified atom stereocenters. The van der Waals surface area contributed by atoms with E-state index in [0.717, 1.165) is 31.9 Å². The predicted molar refractivity (Wildman–Crippen MR) is 137 cm³/mol. The summed E-state index contributed by atoms with van der Waals surface area (Å²) in [7, 11) is -3.12. The second-order valence-corrected chi connectivity index (χ2v) is 10.9. The third kappa shape index (κ3) is 9.65. The fourth-order valence-electron chi connectivity index (χ4n) is 5.13. The molecule has 5 rings (SSSR count). The van der Waals surface area contributed by atoms with Crippen LogP contribution in [0.5, 0.6) is 0 Å². The molecule has 196 valence electrons. The molecular formula is C26H36N5Na2O4P. The third-order valence-electron chi connectivity index (χ3n) is 7.67. The molecule has 0 bridgehead atoms. The average molecular weight is 560 g/mol. The minimum Gasteiger partial charge on any atom is -0.820 e. The molecule has 1 aliphatic heterocycles. The Morgan fingerprint density at radius 1 is 1.13 bits per heavy atom. The summed E-state index contributed by atoms with van der Waals surface area (Å²) in [4.78, 5) is 49.1. The van der Waals surface area contributed by atoms with E-state index < -0.39 is 8.60 Å². The van der Waals surface area contributed by atoms with Crippen molar-refractivity contribution >= 4 is 26.3 Å². The Balaban J connectivity index is 0.000000791. The summed E-state index contributed by atoms with van der Waals surface area (Å²) in [5.41, 5.74) is 4.80. The first kappa shape index (κ1) is 33.9. The van der Waals surface area contributed by atoms with Gasteiger partial charge in [0, 0.05) is 31.9 Å². The summed E-state index contributed by atoms with van der Waals surface area (Å²) in [6, 6.07) is 6.74. The molecule has 0 atom stereocenters. The van der Waals surface area contributed by atoms with E-state index in [-0.39, 0.29) is 71.1 Å². The number of carbonyl (C=O) groups excluding carboxylic acids is 1. The van der Waals surface area contributed by atoms with Gasteiger partial charge in [0.2, 0.25) is 5.95 Å². The van der Waals surface area contributed by atoms with Crippen molar-refractivity contribution < 1.29 is 78.6 Å².